The Morgan fingerprint density at radius 1 is 1.53 bits per heavy atom. The van der Waals surface area contributed by atoms with E-state index in [1.165, 1.54) is 0 Å². The minimum Gasteiger partial charge on any atom is -0.381 e. The second-order valence-corrected chi connectivity index (χ2v) is 4.67. The van der Waals surface area contributed by atoms with Crippen LogP contribution >= 0.6 is 0 Å². The van der Waals surface area contributed by atoms with Crippen molar-refractivity contribution in [3.63, 3.8) is 0 Å². The fourth-order valence-corrected chi connectivity index (χ4v) is 2.56. The van der Waals surface area contributed by atoms with Crippen molar-refractivity contribution in [3.05, 3.63) is 24.3 Å². The van der Waals surface area contributed by atoms with Gasteiger partial charge in [0.15, 0.2) is 0 Å². The molecule has 17 heavy (non-hydrogen) atoms. The van der Waals surface area contributed by atoms with Crippen molar-refractivity contribution in [2.24, 2.45) is 11.8 Å². The molecule has 4 nitrogen and oxygen atoms in total. The van der Waals surface area contributed by atoms with Gasteiger partial charge in [-0.1, -0.05) is 13.8 Å². The molecular formula is C13H21N3O. The molecule has 0 radical (unpaired) electrons. The fraction of sp³-hybridized carbons (Fsp3) is 0.692. The maximum atomic E-state index is 5.51. The molecule has 0 saturated carbocycles. The number of hydrogen-bond donors (Lipinski definition) is 1. The average Bonchev–Trinajstić information content (AvgIpc) is 2.38. The highest BCUT2D eigenvalue weighted by Crippen LogP contribution is 2.32. The second kappa shape index (κ2) is 6.07. The van der Waals surface area contributed by atoms with E-state index in [0.29, 0.717) is 17.9 Å². The van der Waals surface area contributed by atoms with Crippen LogP contribution in [0, 0.1) is 11.8 Å². The lowest BCUT2D eigenvalue weighted by Crippen LogP contribution is -2.37. The SMILES string of the molecule is CCNC(c1cnccn1)C1CCOCC1C. The number of ether oxygens (including phenoxy) is 1. The van der Waals surface area contributed by atoms with Crippen molar-refractivity contribution in [2.45, 2.75) is 26.3 Å². The van der Waals surface area contributed by atoms with E-state index in [9.17, 15) is 0 Å². The molecule has 1 aliphatic rings. The summed E-state index contributed by atoms with van der Waals surface area (Å²) in [5.41, 5.74) is 1.05. The first-order chi connectivity index (χ1) is 8.33. The molecule has 1 aliphatic heterocycles. The van der Waals surface area contributed by atoms with Gasteiger partial charge in [-0.05, 0) is 24.8 Å². The van der Waals surface area contributed by atoms with E-state index in [2.05, 4.69) is 29.1 Å². The number of nitrogens with zero attached hydrogens (tertiary/aromatic N) is 2. The Hall–Kier alpha value is -1.00. The van der Waals surface area contributed by atoms with E-state index >= 15 is 0 Å². The molecule has 2 heterocycles. The van der Waals surface area contributed by atoms with E-state index in [0.717, 1.165) is 31.9 Å². The summed E-state index contributed by atoms with van der Waals surface area (Å²) in [6, 6.07) is 0.299. The van der Waals surface area contributed by atoms with Gasteiger partial charge in [0.2, 0.25) is 0 Å². The number of rotatable bonds is 4. The minimum atomic E-state index is 0.299. The van der Waals surface area contributed by atoms with Crippen LogP contribution in [0.3, 0.4) is 0 Å². The van der Waals surface area contributed by atoms with Crippen LogP contribution in [0.4, 0.5) is 0 Å². The highest BCUT2D eigenvalue weighted by atomic mass is 16.5. The standard InChI is InChI=1S/C13H21N3O/c1-3-15-13(12-8-14-5-6-16-12)11-4-7-17-9-10(11)2/h5-6,8,10-11,13,15H,3-4,7,9H2,1-2H3. The van der Waals surface area contributed by atoms with Gasteiger partial charge >= 0.3 is 0 Å². The molecule has 0 spiro atoms. The van der Waals surface area contributed by atoms with Crippen LogP contribution in [-0.4, -0.2) is 29.7 Å². The monoisotopic (exact) mass is 235 g/mol. The maximum absolute atomic E-state index is 5.51. The van der Waals surface area contributed by atoms with E-state index in [1.807, 2.05) is 6.20 Å². The Bertz CT molecular complexity index is 331. The molecule has 2 rings (SSSR count). The summed E-state index contributed by atoms with van der Waals surface area (Å²) in [6.45, 7) is 7.05. The predicted molar refractivity (Wildman–Crippen MR) is 66.5 cm³/mol. The van der Waals surface area contributed by atoms with E-state index in [1.54, 1.807) is 12.4 Å². The first kappa shape index (κ1) is 12.5. The largest absolute Gasteiger partial charge is 0.381 e. The summed E-state index contributed by atoms with van der Waals surface area (Å²) < 4.78 is 5.51. The van der Waals surface area contributed by atoms with Crippen LogP contribution in [0.2, 0.25) is 0 Å². The molecule has 94 valence electrons. The minimum absolute atomic E-state index is 0.299. The van der Waals surface area contributed by atoms with Crippen molar-refractivity contribution in [1.82, 2.24) is 15.3 Å². The molecule has 4 heteroatoms. The first-order valence-electron chi connectivity index (χ1n) is 6.40. The van der Waals surface area contributed by atoms with E-state index in [-0.39, 0.29) is 0 Å². The van der Waals surface area contributed by atoms with Gasteiger partial charge in [-0.2, -0.15) is 0 Å². The first-order valence-corrected chi connectivity index (χ1v) is 6.40. The molecule has 0 aliphatic carbocycles. The third kappa shape index (κ3) is 3.01. The zero-order valence-electron chi connectivity index (χ0n) is 10.6. The summed E-state index contributed by atoms with van der Waals surface area (Å²) in [5, 5.41) is 3.54. The highest BCUT2D eigenvalue weighted by molar-refractivity contribution is 5.05. The Kier molecular flexibility index (Phi) is 4.45. The van der Waals surface area contributed by atoms with Crippen LogP contribution in [-0.2, 0) is 4.74 Å². The van der Waals surface area contributed by atoms with Crippen molar-refractivity contribution >= 4 is 0 Å². The number of hydrogen-bond acceptors (Lipinski definition) is 4. The van der Waals surface area contributed by atoms with Gasteiger partial charge in [0, 0.05) is 31.8 Å². The van der Waals surface area contributed by atoms with Gasteiger partial charge in [0.25, 0.3) is 0 Å². The molecule has 1 fully saturated rings. The second-order valence-electron chi connectivity index (χ2n) is 4.67. The third-order valence-corrected chi connectivity index (χ3v) is 3.46. The van der Waals surface area contributed by atoms with Crippen LogP contribution in [0.15, 0.2) is 18.6 Å². The molecule has 1 saturated heterocycles. The van der Waals surface area contributed by atoms with Crippen LogP contribution in [0.25, 0.3) is 0 Å². The summed E-state index contributed by atoms with van der Waals surface area (Å²) in [4.78, 5) is 8.62. The molecule has 0 bridgehead atoms. The summed E-state index contributed by atoms with van der Waals surface area (Å²) in [6.07, 6.45) is 6.45. The molecule has 3 unspecified atom stereocenters. The Morgan fingerprint density at radius 2 is 2.41 bits per heavy atom. The Labute approximate surface area is 103 Å². The molecule has 0 amide bonds. The molecule has 3 atom stereocenters. The lowest BCUT2D eigenvalue weighted by atomic mass is 9.82. The third-order valence-electron chi connectivity index (χ3n) is 3.46. The molecule has 1 N–H and O–H groups in total. The smallest absolute Gasteiger partial charge is 0.0759 e. The van der Waals surface area contributed by atoms with E-state index < -0.39 is 0 Å². The van der Waals surface area contributed by atoms with Gasteiger partial charge in [-0.25, -0.2) is 0 Å². The quantitative estimate of drug-likeness (QED) is 0.864. The molecule has 1 aromatic heterocycles. The van der Waals surface area contributed by atoms with Gasteiger partial charge in [0.05, 0.1) is 11.7 Å². The zero-order chi connectivity index (χ0) is 12.1. The normalized spacial score (nSPS) is 26.7. The van der Waals surface area contributed by atoms with Crippen molar-refractivity contribution in [3.8, 4) is 0 Å². The lowest BCUT2D eigenvalue weighted by Gasteiger charge is -2.35. The highest BCUT2D eigenvalue weighted by Gasteiger charge is 2.31. The zero-order valence-corrected chi connectivity index (χ0v) is 10.6. The summed E-state index contributed by atoms with van der Waals surface area (Å²) in [5.74, 6) is 1.15. The molecule has 0 aromatic carbocycles. The van der Waals surface area contributed by atoms with Gasteiger partial charge in [-0.15, -0.1) is 0 Å². The molecule has 1 aromatic rings. The number of aromatic nitrogens is 2. The van der Waals surface area contributed by atoms with Gasteiger partial charge < -0.3 is 10.1 Å². The maximum Gasteiger partial charge on any atom is 0.0759 e. The van der Waals surface area contributed by atoms with E-state index in [4.69, 9.17) is 4.74 Å². The van der Waals surface area contributed by atoms with Crippen LogP contribution in [0.1, 0.15) is 32.0 Å². The Morgan fingerprint density at radius 3 is 3.06 bits per heavy atom. The van der Waals surface area contributed by atoms with Crippen molar-refractivity contribution in [1.29, 1.82) is 0 Å². The summed E-state index contributed by atoms with van der Waals surface area (Å²) >= 11 is 0. The summed E-state index contributed by atoms with van der Waals surface area (Å²) in [7, 11) is 0. The lowest BCUT2D eigenvalue weighted by molar-refractivity contribution is 0.0102. The van der Waals surface area contributed by atoms with Gasteiger partial charge in [-0.3, -0.25) is 9.97 Å². The number of nitrogens with one attached hydrogen (secondary N) is 1. The average molecular weight is 235 g/mol. The van der Waals surface area contributed by atoms with Gasteiger partial charge in [0.1, 0.15) is 0 Å². The van der Waals surface area contributed by atoms with Crippen LogP contribution < -0.4 is 5.32 Å². The fourth-order valence-electron chi connectivity index (χ4n) is 2.56. The molecular weight excluding hydrogens is 214 g/mol. The van der Waals surface area contributed by atoms with Crippen molar-refractivity contribution in [2.75, 3.05) is 19.8 Å². The predicted octanol–water partition coefficient (Wildman–Crippen LogP) is 1.80. The Balaban J connectivity index is 2.16. The topological polar surface area (TPSA) is 47.0 Å². The van der Waals surface area contributed by atoms with Crippen molar-refractivity contribution < 1.29 is 4.74 Å². The van der Waals surface area contributed by atoms with Crippen LogP contribution in [0.5, 0.6) is 0 Å².